The van der Waals surface area contributed by atoms with Crippen LogP contribution in [0.1, 0.15) is 28.2 Å². The largest absolute Gasteiger partial charge is 0.464 e. The molecule has 0 unspecified atom stereocenters. The lowest BCUT2D eigenvalue weighted by molar-refractivity contribution is -0.141. The zero-order chi connectivity index (χ0) is 30.2. The summed E-state index contributed by atoms with van der Waals surface area (Å²) in [4.78, 5) is 44.4. The number of para-hydroxylation sites is 1. The fourth-order valence-corrected chi connectivity index (χ4v) is 5.08. The topological polar surface area (TPSA) is 70.8 Å². The lowest BCUT2D eigenvalue weighted by Crippen LogP contribution is -2.44. The van der Waals surface area contributed by atoms with Gasteiger partial charge in [-0.25, -0.2) is 4.39 Å². The summed E-state index contributed by atoms with van der Waals surface area (Å²) in [5.41, 5.74) is 2.78. The third-order valence-electron chi connectivity index (χ3n) is 7.25. The van der Waals surface area contributed by atoms with Crippen molar-refractivity contribution in [3.63, 3.8) is 0 Å². The van der Waals surface area contributed by atoms with Crippen molar-refractivity contribution in [2.45, 2.75) is 19.0 Å². The highest BCUT2D eigenvalue weighted by atomic mass is 19.1. The molecule has 0 saturated carbocycles. The van der Waals surface area contributed by atoms with Crippen molar-refractivity contribution in [1.82, 2.24) is 9.80 Å². The lowest BCUT2D eigenvalue weighted by Gasteiger charge is -2.30. The maximum absolute atomic E-state index is 14.1. The van der Waals surface area contributed by atoms with Crippen molar-refractivity contribution in [3.8, 4) is 0 Å². The first-order chi connectivity index (χ1) is 20.9. The first kappa shape index (κ1) is 29.2. The number of amides is 2. The number of carbonyl (C=O) groups is 2. The molecule has 5 aromatic rings. The fraction of sp³-hybridized carbons (Fsp3) is 0.139. The van der Waals surface area contributed by atoms with Crippen LogP contribution >= 0.6 is 0 Å². The van der Waals surface area contributed by atoms with Crippen LogP contribution in [0.2, 0.25) is 0 Å². The van der Waals surface area contributed by atoms with Crippen LogP contribution in [0.5, 0.6) is 0 Å². The zero-order valence-corrected chi connectivity index (χ0v) is 23.6. The summed E-state index contributed by atoms with van der Waals surface area (Å²) in [5.74, 6) is -1.66. The Balaban J connectivity index is 1.46. The maximum Gasteiger partial charge on any atom is 0.242 e. The van der Waals surface area contributed by atoms with E-state index in [1.165, 1.54) is 28.2 Å². The zero-order valence-electron chi connectivity index (χ0n) is 23.6. The maximum atomic E-state index is 14.1. The molecule has 2 amide bonds. The number of fused-ring (bicyclic) bond motifs is 1. The molecule has 0 N–H and O–H groups in total. The van der Waals surface area contributed by atoms with Crippen LogP contribution < -0.4 is 5.43 Å². The van der Waals surface area contributed by atoms with Crippen molar-refractivity contribution in [3.05, 3.63) is 166 Å². The molecule has 1 aromatic heterocycles. The molecular formula is C36H31FN2O4. The number of hydrogen-bond donors (Lipinski definition) is 0. The van der Waals surface area contributed by atoms with Crippen LogP contribution in [0.15, 0.2) is 137 Å². The quantitative estimate of drug-likeness (QED) is 0.174. The number of hydrogen-bond acceptors (Lipinski definition) is 4. The molecule has 0 fully saturated rings. The van der Waals surface area contributed by atoms with Gasteiger partial charge in [0.1, 0.15) is 17.9 Å². The summed E-state index contributed by atoms with van der Waals surface area (Å²) in [6, 6.07) is 31.6. The monoisotopic (exact) mass is 574 g/mol. The minimum absolute atomic E-state index is 0.0553. The first-order valence-electron chi connectivity index (χ1n) is 14.0. The van der Waals surface area contributed by atoms with E-state index >= 15 is 0 Å². The van der Waals surface area contributed by atoms with Gasteiger partial charge in [-0.2, -0.15) is 0 Å². The minimum Gasteiger partial charge on any atom is -0.464 e. The molecule has 0 spiro atoms. The highest BCUT2D eigenvalue weighted by molar-refractivity contribution is 5.91. The number of rotatable bonds is 11. The molecule has 0 radical (unpaired) electrons. The van der Waals surface area contributed by atoms with Gasteiger partial charge in [0.25, 0.3) is 0 Å². The predicted molar refractivity (Wildman–Crippen MR) is 165 cm³/mol. The Morgan fingerprint density at radius 1 is 0.791 bits per heavy atom. The van der Waals surface area contributed by atoms with Crippen molar-refractivity contribution in [2.75, 3.05) is 13.1 Å². The van der Waals surface area contributed by atoms with E-state index in [0.29, 0.717) is 22.1 Å². The Morgan fingerprint density at radius 2 is 1.40 bits per heavy atom. The van der Waals surface area contributed by atoms with E-state index in [2.05, 4.69) is 6.58 Å². The van der Waals surface area contributed by atoms with E-state index in [9.17, 15) is 18.8 Å². The number of nitrogens with zero attached hydrogens (tertiary/aromatic N) is 2. The molecule has 0 atom stereocenters. The Morgan fingerprint density at radius 3 is 2.02 bits per heavy atom. The van der Waals surface area contributed by atoms with E-state index in [1.54, 1.807) is 42.5 Å². The first-order valence-corrected chi connectivity index (χ1v) is 14.0. The Hall–Kier alpha value is -5.30. The molecule has 0 saturated heterocycles. The van der Waals surface area contributed by atoms with E-state index in [0.717, 1.165) is 11.1 Å². The lowest BCUT2D eigenvalue weighted by atomic mass is 9.90. The van der Waals surface area contributed by atoms with Crippen LogP contribution in [-0.4, -0.2) is 34.7 Å². The van der Waals surface area contributed by atoms with Gasteiger partial charge in [0.05, 0.1) is 29.7 Å². The third-order valence-corrected chi connectivity index (χ3v) is 7.25. The molecule has 0 aliphatic carbocycles. The Kier molecular flexibility index (Phi) is 9.22. The van der Waals surface area contributed by atoms with Gasteiger partial charge in [0.15, 0.2) is 5.43 Å². The molecule has 216 valence electrons. The van der Waals surface area contributed by atoms with Crippen LogP contribution in [0.3, 0.4) is 0 Å². The van der Waals surface area contributed by atoms with Crippen molar-refractivity contribution in [1.29, 1.82) is 0 Å². The number of benzene rings is 4. The van der Waals surface area contributed by atoms with Crippen LogP contribution in [0.25, 0.3) is 11.0 Å². The van der Waals surface area contributed by atoms with E-state index in [1.807, 2.05) is 60.7 Å². The van der Waals surface area contributed by atoms with Gasteiger partial charge >= 0.3 is 0 Å². The predicted octanol–water partition coefficient (Wildman–Crippen LogP) is 6.31. The molecule has 0 aliphatic rings. The molecule has 6 nitrogen and oxygen atoms in total. The average molecular weight is 575 g/mol. The molecule has 5 rings (SSSR count). The van der Waals surface area contributed by atoms with Gasteiger partial charge in [-0.15, -0.1) is 6.58 Å². The van der Waals surface area contributed by atoms with Gasteiger partial charge in [-0.1, -0.05) is 91.0 Å². The number of carbonyl (C=O) groups excluding carboxylic acids is 2. The second-order valence-corrected chi connectivity index (χ2v) is 10.2. The second-order valence-electron chi connectivity index (χ2n) is 10.2. The molecule has 43 heavy (non-hydrogen) atoms. The standard InChI is InChI=1S/C36H31FN2O4/c1-2-21-38(36(42)34(27-11-5-3-6-12-27)28-13-7-4-8-14-28)24-33(40)39(22-26-17-19-30(37)20-18-26)23-29-25-43-32-16-10-9-15-31(32)35(29)41/h2-20,25,34H,1,21-24H2. The Labute approximate surface area is 249 Å². The summed E-state index contributed by atoms with van der Waals surface area (Å²) in [6.45, 7) is 3.75. The highest BCUT2D eigenvalue weighted by Gasteiger charge is 2.30. The normalized spacial score (nSPS) is 10.9. The minimum atomic E-state index is -0.631. The SMILES string of the molecule is C=CCN(CC(=O)N(Cc1ccc(F)cc1)Cc1coc2ccccc2c1=O)C(=O)C(c1ccccc1)c1ccccc1. The highest BCUT2D eigenvalue weighted by Crippen LogP contribution is 2.27. The molecule has 0 bridgehead atoms. The Bertz CT molecular complexity index is 1730. The molecule has 0 aliphatic heterocycles. The van der Waals surface area contributed by atoms with E-state index in [4.69, 9.17) is 4.42 Å². The summed E-state index contributed by atoms with van der Waals surface area (Å²) < 4.78 is 19.3. The van der Waals surface area contributed by atoms with E-state index < -0.39 is 11.7 Å². The molecular weight excluding hydrogens is 543 g/mol. The summed E-state index contributed by atoms with van der Waals surface area (Å²) in [6.07, 6.45) is 2.95. The third kappa shape index (κ3) is 6.96. The van der Waals surface area contributed by atoms with Crippen molar-refractivity contribution >= 4 is 22.8 Å². The van der Waals surface area contributed by atoms with Gasteiger partial charge in [-0.05, 0) is 41.0 Å². The van der Waals surface area contributed by atoms with Crippen LogP contribution in [0.4, 0.5) is 4.39 Å². The van der Waals surface area contributed by atoms with Crippen LogP contribution in [-0.2, 0) is 22.7 Å². The van der Waals surface area contributed by atoms with Crippen molar-refractivity contribution < 1.29 is 18.4 Å². The van der Waals surface area contributed by atoms with Crippen molar-refractivity contribution in [2.24, 2.45) is 0 Å². The van der Waals surface area contributed by atoms with Crippen LogP contribution in [0, 0.1) is 5.82 Å². The summed E-state index contributed by atoms with van der Waals surface area (Å²) in [7, 11) is 0. The van der Waals surface area contributed by atoms with Gasteiger partial charge in [0, 0.05) is 13.1 Å². The fourth-order valence-electron chi connectivity index (χ4n) is 5.08. The molecule has 7 heteroatoms. The summed E-state index contributed by atoms with van der Waals surface area (Å²) >= 11 is 0. The van der Waals surface area contributed by atoms with Gasteiger partial charge < -0.3 is 14.2 Å². The summed E-state index contributed by atoms with van der Waals surface area (Å²) in [5, 5.41) is 0.409. The average Bonchev–Trinajstić information content (AvgIpc) is 3.04. The number of halogens is 1. The molecule has 1 heterocycles. The smallest absolute Gasteiger partial charge is 0.242 e. The van der Waals surface area contributed by atoms with Gasteiger partial charge in [0.2, 0.25) is 11.8 Å². The molecule has 4 aromatic carbocycles. The second kappa shape index (κ2) is 13.6. The van der Waals surface area contributed by atoms with E-state index in [-0.39, 0.29) is 43.4 Å². The van der Waals surface area contributed by atoms with Gasteiger partial charge in [-0.3, -0.25) is 14.4 Å².